The SMILES string of the molecule is CC([NH2+][C@@H](C)c1ccccc1)c1ccccc1.[Cl-].[Cl-]. The highest BCUT2D eigenvalue weighted by atomic mass is 35.5. The molecule has 104 valence electrons. The molecule has 1 unspecified atom stereocenters. The largest absolute Gasteiger partial charge is 1.00 e. The van der Waals surface area contributed by atoms with Crippen LogP contribution in [-0.4, -0.2) is 0 Å². The van der Waals surface area contributed by atoms with E-state index in [2.05, 4.69) is 79.8 Å². The lowest BCUT2D eigenvalue weighted by Crippen LogP contribution is -3.00. The Hall–Kier alpha value is -1.02. The molecule has 0 saturated heterocycles. The molecule has 3 heteroatoms. The first kappa shape index (κ1) is 18.0. The fraction of sp³-hybridized carbons (Fsp3) is 0.250. The van der Waals surface area contributed by atoms with Crippen LogP contribution < -0.4 is 30.1 Å². The third-order valence-electron chi connectivity index (χ3n) is 3.23. The molecule has 0 fully saturated rings. The summed E-state index contributed by atoms with van der Waals surface area (Å²) in [4.78, 5) is 0. The fourth-order valence-corrected chi connectivity index (χ4v) is 2.17. The number of rotatable bonds is 4. The number of hydrogen-bond donors (Lipinski definition) is 1. The summed E-state index contributed by atoms with van der Waals surface area (Å²) in [5.74, 6) is 0. The van der Waals surface area contributed by atoms with Crippen molar-refractivity contribution in [1.29, 1.82) is 0 Å². The van der Waals surface area contributed by atoms with Gasteiger partial charge in [0.25, 0.3) is 0 Å². The van der Waals surface area contributed by atoms with Gasteiger partial charge in [0.2, 0.25) is 0 Å². The summed E-state index contributed by atoms with van der Waals surface area (Å²) in [5.41, 5.74) is 2.77. The van der Waals surface area contributed by atoms with Crippen LogP contribution in [0.15, 0.2) is 60.7 Å². The summed E-state index contributed by atoms with van der Waals surface area (Å²) < 4.78 is 0. The first-order chi connectivity index (χ1) is 8.27. The molecule has 0 saturated carbocycles. The molecular weight excluding hydrogens is 277 g/mol. The molecule has 2 rings (SSSR count). The standard InChI is InChI=1S/C16H19N.2ClH/c1-13(15-9-5-3-6-10-15)17-14(2)16-11-7-4-8-12-16;;/h3-14,17H,1-2H3;2*1H/p-1/t13-,14?;;/m0../s1. The fourth-order valence-electron chi connectivity index (χ4n) is 2.17. The van der Waals surface area contributed by atoms with E-state index in [-0.39, 0.29) is 24.8 Å². The van der Waals surface area contributed by atoms with E-state index in [1.807, 2.05) is 0 Å². The zero-order valence-electron chi connectivity index (χ0n) is 11.3. The predicted molar refractivity (Wildman–Crippen MR) is 71.6 cm³/mol. The van der Waals surface area contributed by atoms with Gasteiger partial charge < -0.3 is 30.1 Å². The number of hydrogen-bond acceptors (Lipinski definition) is 0. The average molecular weight is 297 g/mol. The Morgan fingerprint density at radius 1 is 0.632 bits per heavy atom. The van der Waals surface area contributed by atoms with E-state index >= 15 is 0 Å². The molecule has 2 aromatic carbocycles. The van der Waals surface area contributed by atoms with Crippen LogP contribution in [0.3, 0.4) is 0 Å². The van der Waals surface area contributed by atoms with Crippen molar-refractivity contribution in [2.24, 2.45) is 0 Å². The van der Waals surface area contributed by atoms with E-state index in [4.69, 9.17) is 0 Å². The Morgan fingerprint density at radius 2 is 0.947 bits per heavy atom. The van der Waals surface area contributed by atoms with E-state index < -0.39 is 0 Å². The van der Waals surface area contributed by atoms with Crippen LogP contribution in [0.4, 0.5) is 0 Å². The van der Waals surface area contributed by atoms with Crippen LogP contribution in [0.2, 0.25) is 0 Å². The highest BCUT2D eigenvalue weighted by Crippen LogP contribution is 2.11. The summed E-state index contributed by atoms with van der Waals surface area (Å²) in [7, 11) is 0. The van der Waals surface area contributed by atoms with E-state index in [0.717, 1.165) is 0 Å². The van der Waals surface area contributed by atoms with Crippen molar-refractivity contribution in [2.45, 2.75) is 25.9 Å². The molecule has 1 nitrogen and oxygen atoms in total. The zero-order chi connectivity index (χ0) is 12.1. The van der Waals surface area contributed by atoms with Gasteiger partial charge in [-0.05, 0) is 13.8 Å². The Morgan fingerprint density at radius 3 is 1.26 bits per heavy atom. The Bertz CT molecular complexity index is 401. The first-order valence-electron chi connectivity index (χ1n) is 6.22. The maximum absolute atomic E-state index is 2.41. The molecule has 0 aliphatic rings. The van der Waals surface area contributed by atoms with Crippen LogP contribution in [0.25, 0.3) is 0 Å². The van der Waals surface area contributed by atoms with Crippen LogP contribution in [-0.2, 0) is 0 Å². The highest BCUT2D eigenvalue weighted by molar-refractivity contribution is 5.18. The third kappa shape index (κ3) is 5.23. The number of quaternary nitrogens is 1. The molecular formula is C16H20Cl2N-. The molecule has 2 atom stereocenters. The second-order valence-corrected chi connectivity index (χ2v) is 4.59. The molecule has 0 heterocycles. The van der Waals surface area contributed by atoms with Crippen molar-refractivity contribution in [3.05, 3.63) is 71.8 Å². The van der Waals surface area contributed by atoms with E-state index in [1.165, 1.54) is 11.1 Å². The molecule has 0 amide bonds. The van der Waals surface area contributed by atoms with E-state index in [9.17, 15) is 0 Å². The predicted octanol–water partition coefficient (Wildman–Crippen LogP) is -2.92. The Balaban J connectivity index is 0.00000162. The Kier molecular flexibility index (Phi) is 8.49. The molecule has 2 N–H and O–H groups in total. The lowest BCUT2D eigenvalue weighted by atomic mass is 10.0. The lowest BCUT2D eigenvalue weighted by Gasteiger charge is -2.17. The molecule has 2 aromatic rings. The maximum atomic E-state index is 2.41. The van der Waals surface area contributed by atoms with Crippen LogP contribution >= 0.6 is 0 Å². The van der Waals surface area contributed by atoms with Crippen molar-refractivity contribution < 1.29 is 30.1 Å². The van der Waals surface area contributed by atoms with E-state index in [1.54, 1.807) is 0 Å². The van der Waals surface area contributed by atoms with Gasteiger partial charge in [-0.15, -0.1) is 0 Å². The molecule has 0 aromatic heterocycles. The smallest absolute Gasteiger partial charge is 0.109 e. The van der Waals surface area contributed by atoms with Crippen molar-refractivity contribution in [3.8, 4) is 0 Å². The topological polar surface area (TPSA) is 16.6 Å². The summed E-state index contributed by atoms with van der Waals surface area (Å²) >= 11 is 0. The lowest BCUT2D eigenvalue weighted by molar-refractivity contribution is -0.728. The molecule has 0 radical (unpaired) electrons. The summed E-state index contributed by atoms with van der Waals surface area (Å²) in [6.45, 7) is 4.52. The van der Waals surface area contributed by atoms with Gasteiger partial charge in [0.05, 0.1) is 0 Å². The third-order valence-corrected chi connectivity index (χ3v) is 3.23. The van der Waals surface area contributed by atoms with Crippen LogP contribution in [0.5, 0.6) is 0 Å². The van der Waals surface area contributed by atoms with Crippen molar-refractivity contribution in [2.75, 3.05) is 0 Å². The molecule has 0 spiro atoms. The maximum Gasteiger partial charge on any atom is 0.109 e. The molecule has 0 bridgehead atoms. The van der Waals surface area contributed by atoms with Gasteiger partial charge in [-0.2, -0.15) is 0 Å². The van der Waals surface area contributed by atoms with E-state index in [0.29, 0.717) is 12.1 Å². The molecule has 0 aliphatic carbocycles. The van der Waals surface area contributed by atoms with Gasteiger partial charge >= 0.3 is 0 Å². The van der Waals surface area contributed by atoms with Gasteiger partial charge in [-0.1, -0.05) is 60.7 Å². The highest BCUT2D eigenvalue weighted by Gasteiger charge is 2.14. The van der Waals surface area contributed by atoms with Crippen molar-refractivity contribution in [3.63, 3.8) is 0 Å². The van der Waals surface area contributed by atoms with Gasteiger partial charge in [0, 0.05) is 11.1 Å². The minimum atomic E-state index is 0. The number of benzene rings is 2. The summed E-state index contributed by atoms with van der Waals surface area (Å²) in [6.07, 6.45) is 0. The average Bonchev–Trinajstić information content (AvgIpc) is 2.40. The van der Waals surface area contributed by atoms with Crippen molar-refractivity contribution >= 4 is 0 Å². The normalized spacial score (nSPS) is 12.7. The summed E-state index contributed by atoms with van der Waals surface area (Å²) in [6, 6.07) is 22.3. The zero-order valence-corrected chi connectivity index (χ0v) is 12.8. The number of halogens is 2. The van der Waals surface area contributed by atoms with Crippen molar-refractivity contribution in [1.82, 2.24) is 0 Å². The van der Waals surface area contributed by atoms with Gasteiger partial charge in [-0.3, -0.25) is 0 Å². The monoisotopic (exact) mass is 296 g/mol. The minimum Gasteiger partial charge on any atom is -1.00 e. The Labute approximate surface area is 128 Å². The minimum absolute atomic E-state index is 0. The quantitative estimate of drug-likeness (QED) is 0.623. The van der Waals surface area contributed by atoms with Gasteiger partial charge in [0.15, 0.2) is 0 Å². The summed E-state index contributed by atoms with van der Waals surface area (Å²) in [5, 5.41) is 2.41. The molecule has 0 aliphatic heterocycles. The van der Waals surface area contributed by atoms with Crippen LogP contribution in [0.1, 0.15) is 37.1 Å². The van der Waals surface area contributed by atoms with Gasteiger partial charge in [-0.25, -0.2) is 0 Å². The van der Waals surface area contributed by atoms with Gasteiger partial charge in [0.1, 0.15) is 12.1 Å². The number of nitrogens with two attached hydrogens (primary N) is 1. The second-order valence-electron chi connectivity index (χ2n) is 4.59. The first-order valence-corrected chi connectivity index (χ1v) is 6.22. The molecule has 19 heavy (non-hydrogen) atoms. The van der Waals surface area contributed by atoms with Crippen LogP contribution in [0, 0.1) is 0 Å². The second kappa shape index (κ2) is 8.98.